The standard InChI is InChI=1S/C15H18N2O/c1-11-9-14(17-8-7-15(2,18)10-17)12-5-3-4-6-13(12)16-11/h3-6,9,18H,7-8,10H2,1-2H3. The van der Waals surface area contributed by atoms with Crippen molar-refractivity contribution in [3.05, 3.63) is 36.0 Å². The summed E-state index contributed by atoms with van der Waals surface area (Å²) in [6.45, 7) is 5.52. The molecule has 0 amide bonds. The summed E-state index contributed by atoms with van der Waals surface area (Å²) in [5, 5.41) is 11.3. The fourth-order valence-corrected chi connectivity index (χ4v) is 2.70. The molecule has 3 rings (SSSR count). The first-order valence-electron chi connectivity index (χ1n) is 6.39. The highest BCUT2D eigenvalue weighted by molar-refractivity contribution is 5.92. The van der Waals surface area contributed by atoms with E-state index in [0.717, 1.165) is 24.2 Å². The maximum absolute atomic E-state index is 10.1. The third-order valence-electron chi connectivity index (χ3n) is 3.61. The van der Waals surface area contributed by atoms with Crippen LogP contribution in [0.5, 0.6) is 0 Å². The minimum absolute atomic E-state index is 0.571. The lowest BCUT2D eigenvalue weighted by Gasteiger charge is -2.22. The molecular weight excluding hydrogens is 224 g/mol. The average Bonchev–Trinajstić information content (AvgIpc) is 2.68. The van der Waals surface area contributed by atoms with E-state index in [-0.39, 0.29) is 0 Å². The monoisotopic (exact) mass is 242 g/mol. The molecule has 1 atom stereocenters. The Kier molecular flexibility index (Phi) is 2.52. The van der Waals surface area contributed by atoms with Crippen molar-refractivity contribution in [3.8, 4) is 0 Å². The van der Waals surface area contributed by atoms with Crippen LogP contribution in [0.25, 0.3) is 10.9 Å². The molecule has 1 unspecified atom stereocenters. The number of hydrogen-bond acceptors (Lipinski definition) is 3. The van der Waals surface area contributed by atoms with Crippen LogP contribution >= 0.6 is 0 Å². The van der Waals surface area contributed by atoms with Gasteiger partial charge in [0.05, 0.1) is 11.1 Å². The van der Waals surface area contributed by atoms with Gasteiger partial charge in [0.1, 0.15) is 0 Å². The van der Waals surface area contributed by atoms with Crippen LogP contribution in [0.1, 0.15) is 19.0 Å². The number of nitrogens with zero attached hydrogens (tertiary/aromatic N) is 2. The van der Waals surface area contributed by atoms with Crippen molar-refractivity contribution < 1.29 is 5.11 Å². The molecule has 94 valence electrons. The largest absolute Gasteiger partial charge is 0.388 e. The first-order chi connectivity index (χ1) is 8.55. The molecule has 3 nitrogen and oxygen atoms in total. The van der Waals surface area contributed by atoms with E-state index in [1.165, 1.54) is 11.1 Å². The van der Waals surface area contributed by atoms with E-state index in [1.807, 2.05) is 32.0 Å². The second-order valence-electron chi connectivity index (χ2n) is 5.47. The molecule has 0 saturated carbocycles. The number of fused-ring (bicyclic) bond motifs is 1. The number of pyridine rings is 1. The number of anilines is 1. The maximum atomic E-state index is 10.1. The summed E-state index contributed by atoms with van der Waals surface area (Å²) in [6.07, 6.45) is 0.822. The number of β-amino-alcohol motifs (C(OH)–C–C–N with tert-alkyl or cyclic N) is 1. The lowest BCUT2D eigenvalue weighted by molar-refractivity contribution is 0.0839. The zero-order chi connectivity index (χ0) is 12.8. The second-order valence-corrected chi connectivity index (χ2v) is 5.47. The molecule has 0 spiro atoms. The minimum atomic E-state index is -0.571. The van der Waals surface area contributed by atoms with Crippen molar-refractivity contribution in [2.45, 2.75) is 25.9 Å². The van der Waals surface area contributed by atoms with E-state index in [2.05, 4.69) is 22.0 Å². The Morgan fingerprint density at radius 3 is 2.83 bits per heavy atom. The highest BCUT2D eigenvalue weighted by atomic mass is 16.3. The Morgan fingerprint density at radius 1 is 1.33 bits per heavy atom. The van der Waals surface area contributed by atoms with Crippen LogP contribution in [0.3, 0.4) is 0 Å². The quantitative estimate of drug-likeness (QED) is 0.834. The van der Waals surface area contributed by atoms with E-state index in [4.69, 9.17) is 0 Å². The summed E-state index contributed by atoms with van der Waals surface area (Å²) in [5.41, 5.74) is 2.67. The molecular formula is C15H18N2O. The van der Waals surface area contributed by atoms with Gasteiger partial charge in [-0.3, -0.25) is 4.98 Å². The molecule has 1 aromatic heterocycles. The number of aromatic nitrogens is 1. The molecule has 1 aromatic carbocycles. The van der Waals surface area contributed by atoms with Crippen molar-refractivity contribution >= 4 is 16.6 Å². The Hall–Kier alpha value is -1.61. The van der Waals surface area contributed by atoms with Crippen molar-refractivity contribution in [1.82, 2.24) is 4.98 Å². The third kappa shape index (κ3) is 1.95. The summed E-state index contributed by atoms with van der Waals surface area (Å²) in [7, 11) is 0. The summed E-state index contributed by atoms with van der Waals surface area (Å²) in [4.78, 5) is 6.82. The van der Waals surface area contributed by atoms with Crippen molar-refractivity contribution in [2.24, 2.45) is 0 Å². The van der Waals surface area contributed by atoms with Crippen molar-refractivity contribution in [1.29, 1.82) is 0 Å². The molecule has 0 radical (unpaired) electrons. The molecule has 1 N–H and O–H groups in total. The lowest BCUT2D eigenvalue weighted by Crippen LogP contribution is -2.29. The van der Waals surface area contributed by atoms with Gasteiger partial charge in [0.25, 0.3) is 0 Å². The van der Waals surface area contributed by atoms with Crippen LogP contribution < -0.4 is 4.90 Å². The summed E-state index contributed by atoms with van der Waals surface area (Å²) in [5.74, 6) is 0. The Balaban J connectivity index is 2.11. The second kappa shape index (κ2) is 3.95. The van der Waals surface area contributed by atoms with Crippen LogP contribution in [-0.2, 0) is 0 Å². The fraction of sp³-hybridized carbons (Fsp3) is 0.400. The van der Waals surface area contributed by atoms with Gasteiger partial charge in [-0.2, -0.15) is 0 Å². The normalized spacial score (nSPS) is 23.8. The predicted octanol–water partition coefficient (Wildman–Crippen LogP) is 2.50. The molecule has 18 heavy (non-hydrogen) atoms. The minimum Gasteiger partial charge on any atom is -0.388 e. The van der Waals surface area contributed by atoms with Gasteiger partial charge in [0.2, 0.25) is 0 Å². The number of para-hydroxylation sites is 1. The van der Waals surface area contributed by atoms with Crippen molar-refractivity contribution in [2.75, 3.05) is 18.0 Å². The fourth-order valence-electron chi connectivity index (χ4n) is 2.70. The summed E-state index contributed by atoms with van der Waals surface area (Å²) < 4.78 is 0. The Bertz CT molecular complexity index is 592. The summed E-state index contributed by atoms with van der Waals surface area (Å²) in [6, 6.07) is 10.3. The van der Waals surface area contributed by atoms with E-state index < -0.39 is 5.60 Å². The SMILES string of the molecule is Cc1cc(N2CCC(C)(O)C2)c2ccccc2n1. The van der Waals surface area contributed by atoms with Gasteiger partial charge in [-0.05, 0) is 32.4 Å². The van der Waals surface area contributed by atoms with E-state index in [9.17, 15) is 5.11 Å². The maximum Gasteiger partial charge on any atom is 0.0810 e. The summed E-state index contributed by atoms with van der Waals surface area (Å²) >= 11 is 0. The van der Waals surface area contributed by atoms with Crippen LogP contribution in [0.4, 0.5) is 5.69 Å². The number of aliphatic hydroxyl groups is 1. The molecule has 1 saturated heterocycles. The van der Waals surface area contributed by atoms with Gasteiger partial charge < -0.3 is 10.0 Å². The molecule has 1 aliphatic rings. The molecule has 1 fully saturated rings. The molecule has 0 aliphatic carbocycles. The molecule has 0 bridgehead atoms. The van der Waals surface area contributed by atoms with E-state index in [1.54, 1.807) is 0 Å². The van der Waals surface area contributed by atoms with Gasteiger partial charge in [-0.1, -0.05) is 18.2 Å². The number of hydrogen-bond donors (Lipinski definition) is 1. The van der Waals surface area contributed by atoms with Gasteiger partial charge in [0, 0.05) is 29.9 Å². The average molecular weight is 242 g/mol. The zero-order valence-corrected chi connectivity index (χ0v) is 10.8. The van der Waals surface area contributed by atoms with Gasteiger partial charge in [0.15, 0.2) is 0 Å². The first-order valence-corrected chi connectivity index (χ1v) is 6.39. The van der Waals surface area contributed by atoms with Gasteiger partial charge >= 0.3 is 0 Å². The lowest BCUT2D eigenvalue weighted by atomic mass is 10.1. The smallest absolute Gasteiger partial charge is 0.0810 e. The number of rotatable bonds is 1. The number of benzene rings is 1. The third-order valence-corrected chi connectivity index (χ3v) is 3.61. The van der Waals surface area contributed by atoms with Crippen LogP contribution in [0.15, 0.2) is 30.3 Å². The molecule has 3 heteroatoms. The van der Waals surface area contributed by atoms with Gasteiger partial charge in [-0.25, -0.2) is 0 Å². The highest BCUT2D eigenvalue weighted by Crippen LogP contribution is 2.32. The van der Waals surface area contributed by atoms with Gasteiger partial charge in [-0.15, -0.1) is 0 Å². The number of aryl methyl sites for hydroxylation is 1. The molecule has 2 aromatic rings. The topological polar surface area (TPSA) is 36.4 Å². The van der Waals surface area contributed by atoms with Crippen LogP contribution in [0.2, 0.25) is 0 Å². The van der Waals surface area contributed by atoms with Crippen LogP contribution in [0, 0.1) is 6.92 Å². The van der Waals surface area contributed by atoms with E-state index in [0.29, 0.717) is 6.54 Å². The Labute approximate surface area is 107 Å². The van der Waals surface area contributed by atoms with Crippen molar-refractivity contribution in [3.63, 3.8) is 0 Å². The molecule has 1 aliphatic heterocycles. The van der Waals surface area contributed by atoms with E-state index >= 15 is 0 Å². The first kappa shape index (κ1) is 11.5. The molecule has 2 heterocycles. The zero-order valence-electron chi connectivity index (χ0n) is 10.8. The van der Waals surface area contributed by atoms with Crippen LogP contribution in [-0.4, -0.2) is 28.8 Å². The Morgan fingerprint density at radius 2 is 2.11 bits per heavy atom. The predicted molar refractivity (Wildman–Crippen MR) is 73.9 cm³/mol. The highest BCUT2D eigenvalue weighted by Gasteiger charge is 2.32.